The lowest BCUT2D eigenvalue weighted by molar-refractivity contribution is -0.142. The van der Waals surface area contributed by atoms with Crippen molar-refractivity contribution in [1.29, 1.82) is 0 Å². The molecule has 1 fully saturated rings. The van der Waals surface area contributed by atoms with E-state index in [0.717, 1.165) is 5.56 Å². The molecule has 0 unspecified atom stereocenters. The van der Waals surface area contributed by atoms with Gasteiger partial charge in [-0.15, -0.1) is 0 Å². The van der Waals surface area contributed by atoms with Crippen LogP contribution in [0.3, 0.4) is 0 Å². The predicted octanol–water partition coefficient (Wildman–Crippen LogP) is 2.03. The van der Waals surface area contributed by atoms with E-state index >= 15 is 0 Å². The number of likely N-dealkylation sites (N-methyl/N-ethyl adjacent to an activating group) is 1. The van der Waals surface area contributed by atoms with E-state index in [1.54, 1.807) is 23.1 Å². The molecule has 2 heterocycles. The Balaban J connectivity index is 1.41. The third-order valence-electron chi connectivity index (χ3n) is 6.03. The Morgan fingerprint density at radius 1 is 1.18 bits per heavy atom. The van der Waals surface area contributed by atoms with Gasteiger partial charge in [0.1, 0.15) is 23.8 Å². The van der Waals surface area contributed by atoms with Gasteiger partial charge in [-0.2, -0.15) is 0 Å². The molecule has 2 amide bonds. The molecule has 0 bridgehead atoms. The van der Waals surface area contributed by atoms with E-state index in [9.17, 15) is 19.1 Å². The van der Waals surface area contributed by atoms with Crippen LogP contribution in [-0.2, 0) is 20.9 Å². The summed E-state index contributed by atoms with van der Waals surface area (Å²) >= 11 is 0. The fourth-order valence-electron chi connectivity index (χ4n) is 4.58. The quantitative estimate of drug-likeness (QED) is 0.545. The van der Waals surface area contributed by atoms with E-state index in [-0.39, 0.29) is 55.8 Å². The Labute approximate surface area is 198 Å². The summed E-state index contributed by atoms with van der Waals surface area (Å²) in [6.07, 6.45) is -0.689. The van der Waals surface area contributed by atoms with E-state index in [4.69, 9.17) is 9.47 Å². The molecular formula is C25H30FN3O5. The van der Waals surface area contributed by atoms with Gasteiger partial charge in [0.05, 0.1) is 25.7 Å². The highest BCUT2D eigenvalue weighted by molar-refractivity contribution is 5.92. The summed E-state index contributed by atoms with van der Waals surface area (Å²) < 4.78 is 25.4. The highest BCUT2D eigenvalue weighted by atomic mass is 19.1. The van der Waals surface area contributed by atoms with Gasteiger partial charge in [0.25, 0.3) is 0 Å². The number of amides is 2. The number of hydrogen-bond donors (Lipinski definition) is 3. The van der Waals surface area contributed by atoms with E-state index in [1.807, 2.05) is 26.2 Å². The van der Waals surface area contributed by atoms with Gasteiger partial charge in [0.2, 0.25) is 11.8 Å². The SMILES string of the molecule is CN(C)CC(=O)Nc1ccc2c(c1)[C@H]1C[C@@H](CC(=O)NCc3cccc(F)c3)O[C@H](CO)[C@H]1O2. The van der Waals surface area contributed by atoms with Crippen molar-refractivity contribution in [3.63, 3.8) is 0 Å². The van der Waals surface area contributed by atoms with Crippen molar-refractivity contribution in [2.24, 2.45) is 0 Å². The zero-order valence-corrected chi connectivity index (χ0v) is 19.3. The molecule has 0 radical (unpaired) electrons. The summed E-state index contributed by atoms with van der Waals surface area (Å²) in [5.74, 6) is -0.0652. The highest BCUT2D eigenvalue weighted by Crippen LogP contribution is 2.47. The molecule has 2 aromatic carbocycles. The standard InChI is InChI=1S/C25H30FN3O5/c1-29(2)13-24(32)28-17-6-7-21-19(9-17)20-10-18(33-22(14-30)25(20)34-21)11-23(31)27-12-15-4-3-5-16(26)8-15/h3-9,18,20,22,25,30H,10-14H2,1-2H3,(H,27,31)(H,28,32)/t18-,20+,22+,25-/m0/s1. The Morgan fingerprint density at radius 3 is 2.74 bits per heavy atom. The zero-order chi connectivity index (χ0) is 24.2. The summed E-state index contributed by atoms with van der Waals surface area (Å²) in [5.41, 5.74) is 2.28. The molecule has 9 heteroatoms. The van der Waals surface area contributed by atoms with Crippen molar-refractivity contribution < 1.29 is 28.6 Å². The second-order valence-corrected chi connectivity index (χ2v) is 9.05. The van der Waals surface area contributed by atoms with Crippen molar-refractivity contribution in [2.45, 2.75) is 43.6 Å². The van der Waals surface area contributed by atoms with E-state index in [1.165, 1.54) is 12.1 Å². The lowest BCUT2D eigenvalue weighted by Crippen LogP contribution is -2.47. The summed E-state index contributed by atoms with van der Waals surface area (Å²) in [6, 6.07) is 11.6. The topological polar surface area (TPSA) is 100 Å². The summed E-state index contributed by atoms with van der Waals surface area (Å²) in [5, 5.41) is 15.6. The highest BCUT2D eigenvalue weighted by Gasteiger charge is 2.46. The summed E-state index contributed by atoms with van der Waals surface area (Å²) in [7, 11) is 3.65. The molecular weight excluding hydrogens is 441 g/mol. The molecule has 4 atom stereocenters. The third kappa shape index (κ3) is 5.72. The number of nitrogens with one attached hydrogen (secondary N) is 2. The number of carbonyl (C=O) groups excluding carboxylic acids is 2. The Morgan fingerprint density at radius 2 is 2.00 bits per heavy atom. The largest absolute Gasteiger partial charge is 0.487 e. The second kappa shape index (κ2) is 10.5. The van der Waals surface area contributed by atoms with Crippen LogP contribution in [0.5, 0.6) is 5.75 Å². The first-order valence-electron chi connectivity index (χ1n) is 11.3. The van der Waals surface area contributed by atoms with Crippen LogP contribution in [0.4, 0.5) is 10.1 Å². The van der Waals surface area contributed by atoms with Crippen LogP contribution in [0.2, 0.25) is 0 Å². The van der Waals surface area contributed by atoms with Gasteiger partial charge < -0.3 is 30.1 Å². The van der Waals surface area contributed by atoms with Gasteiger partial charge in [-0.05, 0) is 56.4 Å². The molecule has 1 saturated heterocycles. The number of carbonyl (C=O) groups is 2. The predicted molar refractivity (Wildman–Crippen MR) is 124 cm³/mol. The second-order valence-electron chi connectivity index (χ2n) is 9.05. The van der Waals surface area contributed by atoms with Gasteiger partial charge in [-0.25, -0.2) is 4.39 Å². The molecule has 2 aliphatic rings. The molecule has 2 aliphatic heterocycles. The molecule has 0 spiro atoms. The average Bonchev–Trinajstić information content (AvgIpc) is 3.14. The molecule has 34 heavy (non-hydrogen) atoms. The fourth-order valence-corrected chi connectivity index (χ4v) is 4.58. The maximum atomic E-state index is 13.4. The van der Waals surface area contributed by atoms with Crippen molar-refractivity contribution in [1.82, 2.24) is 10.2 Å². The van der Waals surface area contributed by atoms with Gasteiger partial charge in [0.15, 0.2) is 0 Å². The summed E-state index contributed by atoms with van der Waals surface area (Å²) in [4.78, 5) is 26.5. The van der Waals surface area contributed by atoms with Crippen LogP contribution >= 0.6 is 0 Å². The Kier molecular flexibility index (Phi) is 7.45. The van der Waals surface area contributed by atoms with Crippen molar-refractivity contribution in [3.05, 3.63) is 59.4 Å². The lowest BCUT2D eigenvalue weighted by atomic mass is 9.84. The Hall–Kier alpha value is -3.01. The Bertz CT molecular complexity index is 1050. The number of halogens is 1. The number of ether oxygens (including phenoxy) is 2. The third-order valence-corrected chi connectivity index (χ3v) is 6.03. The number of aliphatic hydroxyl groups is 1. The smallest absolute Gasteiger partial charge is 0.238 e. The van der Waals surface area contributed by atoms with Crippen LogP contribution in [0.15, 0.2) is 42.5 Å². The van der Waals surface area contributed by atoms with Gasteiger partial charge in [-0.1, -0.05) is 12.1 Å². The normalized spacial score (nSPS) is 23.1. The number of benzene rings is 2. The molecule has 182 valence electrons. The first kappa shape index (κ1) is 24.1. The average molecular weight is 472 g/mol. The minimum absolute atomic E-state index is 0.0763. The number of fused-ring (bicyclic) bond motifs is 3. The van der Waals surface area contributed by atoms with Crippen LogP contribution in [0.25, 0.3) is 0 Å². The maximum absolute atomic E-state index is 13.4. The molecule has 0 saturated carbocycles. The molecule has 4 rings (SSSR count). The first-order chi connectivity index (χ1) is 16.3. The zero-order valence-electron chi connectivity index (χ0n) is 19.3. The fraction of sp³-hybridized carbons (Fsp3) is 0.440. The minimum atomic E-state index is -0.570. The minimum Gasteiger partial charge on any atom is -0.487 e. The van der Waals surface area contributed by atoms with E-state index in [2.05, 4.69) is 10.6 Å². The number of rotatable bonds is 8. The van der Waals surface area contributed by atoms with Crippen molar-refractivity contribution >= 4 is 17.5 Å². The monoisotopic (exact) mass is 471 g/mol. The number of nitrogens with zero attached hydrogens (tertiary/aromatic N) is 1. The number of hydrogen-bond acceptors (Lipinski definition) is 6. The van der Waals surface area contributed by atoms with Crippen molar-refractivity contribution in [3.8, 4) is 5.75 Å². The molecule has 0 aromatic heterocycles. The number of anilines is 1. The molecule has 3 N–H and O–H groups in total. The molecule has 8 nitrogen and oxygen atoms in total. The van der Waals surface area contributed by atoms with Gasteiger partial charge >= 0.3 is 0 Å². The lowest BCUT2D eigenvalue weighted by Gasteiger charge is -2.37. The first-order valence-corrected chi connectivity index (χ1v) is 11.3. The van der Waals surface area contributed by atoms with Crippen LogP contribution in [-0.4, -0.2) is 67.4 Å². The molecule has 2 aromatic rings. The summed E-state index contributed by atoms with van der Waals surface area (Å²) in [6.45, 7) is 0.261. The van der Waals surface area contributed by atoms with E-state index in [0.29, 0.717) is 23.4 Å². The number of aliphatic hydroxyl groups excluding tert-OH is 1. The molecule has 0 aliphatic carbocycles. The van der Waals surface area contributed by atoms with Gasteiger partial charge in [0, 0.05) is 23.7 Å². The van der Waals surface area contributed by atoms with E-state index < -0.39 is 12.2 Å². The van der Waals surface area contributed by atoms with Gasteiger partial charge in [-0.3, -0.25) is 9.59 Å². The van der Waals surface area contributed by atoms with Crippen LogP contribution < -0.4 is 15.4 Å². The van der Waals surface area contributed by atoms with Crippen LogP contribution in [0.1, 0.15) is 29.9 Å². The van der Waals surface area contributed by atoms with Crippen molar-refractivity contribution in [2.75, 3.05) is 32.6 Å². The van der Waals surface area contributed by atoms with Crippen LogP contribution in [0, 0.1) is 5.82 Å². The maximum Gasteiger partial charge on any atom is 0.238 e.